The molecule has 0 unspecified atom stereocenters. The number of carbonyl (C=O) groups excluding carboxylic acids is 3. The fraction of sp³-hybridized carbons (Fsp3) is 0.450. The van der Waals surface area contributed by atoms with Crippen LogP contribution in [-0.4, -0.2) is 46.4 Å². The first-order valence-electron chi connectivity index (χ1n) is 9.02. The quantitative estimate of drug-likeness (QED) is 0.737. The number of rotatable bonds is 2. The van der Waals surface area contributed by atoms with Gasteiger partial charge in [-0.25, -0.2) is 9.18 Å². The van der Waals surface area contributed by atoms with E-state index in [0.29, 0.717) is 13.0 Å². The van der Waals surface area contributed by atoms with Crippen molar-refractivity contribution in [2.75, 3.05) is 13.1 Å². The van der Waals surface area contributed by atoms with Gasteiger partial charge in [-0.1, -0.05) is 12.1 Å². The fourth-order valence-corrected chi connectivity index (χ4v) is 3.25. The summed E-state index contributed by atoms with van der Waals surface area (Å²) >= 11 is 0. The number of allylic oxidation sites excluding steroid dienone is 1. The van der Waals surface area contributed by atoms with E-state index < -0.39 is 35.9 Å². The van der Waals surface area contributed by atoms with Gasteiger partial charge in [-0.15, -0.1) is 0 Å². The van der Waals surface area contributed by atoms with Crippen LogP contribution >= 0.6 is 0 Å². The second-order valence-electron chi connectivity index (χ2n) is 7.68. The summed E-state index contributed by atoms with van der Waals surface area (Å²) in [6, 6.07) is 6.42. The molecule has 0 radical (unpaired) electrons. The standard InChI is InChI=1S/C20H23FN2O4/c1-20(2,3)27-19(26)22-11-7-6-10-16(22)15(21)12-23-17(24)13-8-4-5-9-14(13)18(23)25/h4-5,8-9H,6-7,10-12H2,1-3H3. The fourth-order valence-electron chi connectivity index (χ4n) is 3.25. The molecular formula is C20H23FN2O4. The van der Waals surface area contributed by atoms with Crippen molar-refractivity contribution in [3.63, 3.8) is 0 Å². The number of piperidine rings is 1. The van der Waals surface area contributed by atoms with Gasteiger partial charge in [0.1, 0.15) is 11.4 Å². The first-order valence-corrected chi connectivity index (χ1v) is 9.02. The van der Waals surface area contributed by atoms with Crippen molar-refractivity contribution in [1.29, 1.82) is 0 Å². The molecule has 0 spiro atoms. The van der Waals surface area contributed by atoms with Gasteiger partial charge < -0.3 is 4.74 Å². The van der Waals surface area contributed by atoms with E-state index in [1.165, 1.54) is 4.90 Å². The second-order valence-corrected chi connectivity index (χ2v) is 7.68. The minimum atomic E-state index is -0.696. The number of benzene rings is 1. The Hall–Kier alpha value is -2.70. The van der Waals surface area contributed by atoms with Gasteiger partial charge in [0.2, 0.25) is 0 Å². The van der Waals surface area contributed by atoms with E-state index in [-0.39, 0.29) is 16.8 Å². The predicted octanol–water partition coefficient (Wildman–Crippen LogP) is 3.88. The van der Waals surface area contributed by atoms with E-state index in [1.807, 2.05) is 0 Å². The SMILES string of the molecule is CC(C)(C)OC(=O)N1CCCCC1=C(F)CN1C(=O)c2ccccc2C1=O. The summed E-state index contributed by atoms with van der Waals surface area (Å²) in [7, 11) is 0. The van der Waals surface area contributed by atoms with E-state index >= 15 is 4.39 Å². The summed E-state index contributed by atoms with van der Waals surface area (Å²) in [5.41, 5.74) is 0.0338. The molecule has 0 bridgehead atoms. The second kappa shape index (κ2) is 7.13. The zero-order valence-corrected chi connectivity index (χ0v) is 15.8. The molecule has 1 fully saturated rings. The Kier molecular flexibility index (Phi) is 5.04. The highest BCUT2D eigenvalue weighted by Crippen LogP contribution is 2.29. The summed E-state index contributed by atoms with van der Waals surface area (Å²) in [5, 5.41) is 0. The topological polar surface area (TPSA) is 66.9 Å². The smallest absolute Gasteiger partial charge is 0.414 e. The summed E-state index contributed by atoms with van der Waals surface area (Å²) in [5.74, 6) is -1.70. The van der Waals surface area contributed by atoms with Gasteiger partial charge >= 0.3 is 6.09 Å². The monoisotopic (exact) mass is 374 g/mol. The predicted molar refractivity (Wildman–Crippen MR) is 96.7 cm³/mol. The highest BCUT2D eigenvalue weighted by atomic mass is 19.1. The first-order chi connectivity index (χ1) is 12.7. The Labute approximate surface area is 157 Å². The van der Waals surface area contributed by atoms with Crippen LogP contribution in [0.5, 0.6) is 0 Å². The molecule has 3 amide bonds. The van der Waals surface area contributed by atoms with Crippen molar-refractivity contribution in [1.82, 2.24) is 9.80 Å². The van der Waals surface area contributed by atoms with Crippen LogP contribution in [-0.2, 0) is 4.74 Å². The van der Waals surface area contributed by atoms with Crippen molar-refractivity contribution in [3.8, 4) is 0 Å². The minimum absolute atomic E-state index is 0.187. The Bertz CT molecular complexity index is 791. The summed E-state index contributed by atoms with van der Waals surface area (Å²) < 4.78 is 20.4. The number of nitrogens with zero attached hydrogens (tertiary/aromatic N) is 2. The van der Waals surface area contributed by atoms with E-state index in [0.717, 1.165) is 17.7 Å². The van der Waals surface area contributed by atoms with Crippen LogP contribution < -0.4 is 0 Å². The lowest BCUT2D eigenvalue weighted by molar-refractivity contribution is 0.0278. The summed E-state index contributed by atoms with van der Waals surface area (Å²) in [6.07, 6.45) is 1.20. The zero-order valence-electron chi connectivity index (χ0n) is 15.8. The average molecular weight is 374 g/mol. The van der Waals surface area contributed by atoms with Gasteiger partial charge in [0, 0.05) is 6.54 Å². The van der Waals surface area contributed by atoms with Crippen LogP contribution in [0.2, 0.25) is 0 Å². The molecule has 0 aromatic heterocycles. The van der Waals surface area contributed by atoms with Gasteiger partial charge in [-0.3, -0.25) is 19.4 Å². The van der Waals surface area contributed by atoms with Gasteiger partial charge in [0.25, 0.3) is 11.8 Å². The third kappa shape index (κ3) is 3.86. The molecule has 6 nitrogen and oxygen atoms in total. The molecule has 0 N–H and O–H groups in total. The number of amides is 3. The van der Waals surface area contributed by atoms with Crippen LogP contribution in [0.25, 0.3) is 0 Å². The molecule has 1 aromatic carbocycles. The third-order valence-corrected chi connectivity index (χ3v) is 4.47. The Morgan fingerprint density at radius 1 is 1.11 bits per heavy atom. The summed E-state index contributed by atoms with van der Waals surface area (Å²) in [6.45, 7) is 5.09. The van der Waals surface area contributed by atoms with E-state index in [2.05, 4.69) is 0 Å². The van der Waals surface area contributed by atoms with Crippen LogP contribution in [0.15, 0.2) is 35.8 Å². The minimum Gasteiger partial charge on any atom is -0.443 e. The molecule has 2 aliphatic rings. The molecule has 144 valence electrons. The first kappa shape index (κ1) is 19.1. The van der Waals surface area contributed by atoms with Crippen molar-refractivity contribution >= 4 is 17.9 Å². The van der Waals surface area contributed by atoms with Crippen molar-refractivity contribution < 1.29 is 23.5 Å². The number of halogens is 1. The lowest BCUT2D eigenvalue weighted by Gasteiger charge is -2.32. The molecule has 0 aliphatic carbocycles. The third-order valence-electron chi connectivity index (χ3n) is 4.47. The summed E-state index contributed by atoms with van der Waals surface area (Å²) in [4.78, 5) is 39.5. The Morgan fingerprint density at radius 3 is 2.26 bits per heavy atom. The van der Waals surface area contributed by atoms with Crippen LogP contribution in [0, 0.1) is 0 Å². The number of hydrogen-bond donors (Lipinski definition) is 0. The highest BCUT2D eigenvalue weighted by molar-refractivity contribution is 6.21. The molecule has 2 aliphatic heterocycles. The van der Waals surface area contributed by atoms with E-state index in [1.54, 1.807) is 45.0 Å². The average Bonchev–Trinajstić information content (AvgIpc) is 2.85. The molecule has 0 atom stereocenters. The molecule has 7 heteroatoms. The Balaban J connectivity index is 1.83. The number of fused-ring (bicyclic) bond motifs is 1. The highest BCUT2D eigenvalue weighted by Gasteiger charge is 2.37. The molecule has 1 saturated heterocycles. The Morgan fingerprint density at radius 2 is 1.70 bits per heavy atom. The van der Waals surface area contributed by atoms with Crippen molar-refractivity contribution in [2.45, 2.75) is 45.6 Å². The van der Waals surface area contributed by atoms with Crippen LogP contribution in [0.1, 0.15) is 60.7 Å². The molecule has 0 saturated carbocycles. The normalized spacial score (nSPS) is 19.3. The van der Waals surface area contributed by atoms with Crippen LogP contribution in [0.4, 0.5) is 9.18 Å². The molecular weight excluding hydrogens is 351 g/mol. The van der Waals surface area contributed by atoms with E-state index in [4.69, 9.17) is 4.74 Å². The van der Waals surface area contributed by atoms with Gasteiger partial charge in [0.05, 0.1) is 23.4 Å². The molecule has 27 heavy (non-hydrogen) atoms. The lowest BCUT2D eigenvalue weighted by Crippen LogP contribution is -2.40. The van der Waals surface area contributed by atoms with Crippen molar-refractivity contribution in [2.24, 2.45) is 0 Å². The maximum atomic E-state index is 15.0. The van der Waals surface area contributed by atoms with Gasteiger partial charge in [-0.05, 0) is 52.2 Å². The van der Waals surface area contributed by atoms with E-state index in [9.17, 15) is 14.4 Å². The lowest BCUT2D eigenvalue weighted by atomic mass is 10.1. The number of hydrogen-bond acceptors (Lipinski definition) is 4. The molecule has 1 aromatic rings. The number of ether oxygens (including phenoxy) is 1. The maximum Gasteiger partial charge on any atom is 0.414 e. The van der Waals surface area contributed by atoms with Gasteiger partial charge in [-0.2, -0.15) is 0 Å². The van der Waals surface area contributed by atoms with Crippen molar-refractivity contribution in [3.05, 3.63) is 46.9 Å². The molecule has 3 rings (SSSR count). The molecule has 2 heterocycles. The maximum absolute atomic E-state index is 15.0. The van der Waals surface area contributed by atoms with Crippen LogP contribution in [0.3, 0.4) is 0 Å². The zero-order chi connectivity index (χ0) is 19.8. The largest absolute Gasteiger partial charge is 0.443 e. The van der Waals surface area contributed by atoms with Gasteiger partial charge in [0.15, 0.2) is 0 Å². The number of carbonyl (C=O) groups is 3. The number of likely N-dealkylation sites (tertiary alicyclic amines) is 1. The number of imide groups is 1.